The maximum atomic E-state index is 11.9. The van der Waals surface area contributed by atoms with Gasteiger partial charge in [-0.1, -0.05) is 6.42 Å². The lowest BCUT2D eigenvalue weighted by Crippen LogP contribution is -2.35. The van der Waals surface area contributed by atoms with Gasteiger partial charge in [-0.3, -0.25) is 9.59 Å². The van der Waals surface area contributed by atoms with Crippen molar-refractivity contribution in [2.45, 2.75) is 25.8 Å². The Morgan fingerprint density at radius 3 is 2.50 bits per heavy atom. The summed E-state index contributed by atoms with van der Waals surface area (Å²) in [6.45, 7) is 3.75. The van der Waals surface area contributed by atoms with E-state index in [-0.39, 0.29) is 11.5 Å². The molecule has 0 aromatic carbocycles. The smallest absolute Gasteiger partial charge is 0.254 e. The maximum Gasteiger partial charge on any atom is 0.254 e. The molecule has 5 heteroatoms. The Labute approximate surface area is 119 Å². The molecule has 1 amide bonds. The van der Waals surface area contributed by atoms with Crippen LogP contribution in [-0.4, -0.2) is 54.0 Å². The van der Waals surface area contributed by atoms with Gasteiger partial charge in [0.1, 0.15) is 0 Å². The number of hydrogen-bond acceptors (Lipinski definition) is 3. The minimum atomic E-state index is -0.0725. The quantitative estimate of drug-likeness (QED) is 0.826. The Kier molecular flexibility index (Phi) is 4.95. The molecule has 1 aromatic heterocycles. The molecule has 1 aliphatic heterocycles. The Bertz CT molecular complexity index is 516. The zero-order chi connectivity index (χ0) is 14.5. The second-order valence-corrected chi connectivity index (χ2v) is 5.55. The Hall–Kier alpha value is -1.62. The van der Waals surface area contributed by atoms with Crippen LogP contribution >= 0.6 is 0 Å². The molecule has 5 nitrogen and oxygen atoms in total. The van der Waals surface area contributed by atoms with Gasteiger partial charge in [0.05, 0.1) is 5.56 Å². The second-order valence-electron chi connectivity index (χ2n) is 5.55. The third kappa shape index (κ3) is 3.70. The normalized spacial score (nSPS) is 16.1. The standard InChI is InChI=1S/C15H23N3O2/c1-16(2)15(20)13-6-7-14(19)18(12-13)11-10-17-8-4-3-5-9-17/h6-7,12H,3-5,8-11H2,1-2H3. The average molecular weight is 277 g/mol. The molecule has 1 aliphatic rings. The molecule has 0 atom stereocenters. The van der Waals surface area contributed by atoms with Crippen LogP contribution in [0.15, 0.2) is 23.1 Å². The first-order valence-corrected chi connectivity index (χ1v) is 7.22. The molecular weight excluding hydrogens is 254 g/mol. The van der Waals surface area contributed by atoms with Crippen LogP contribution in [0, 0.1) is 0 Å². The fourth-order valence-electron chi connectivity index (χ4n) is 2.52. The Balaban J connectivity index is 2.04. The van der Waals surface area contributed by atoms with E-state index in [0.29, 0.717) is 12.1 Å². The molecular formula is C15H23N3O2. The first-order valence-electron chi connectivity index (χ1n) is 7.22. The molecule has 0 saturated carbocycles. The third-order valence-electron chi connectivity index (χ3n) is 3.74. The number of likely N-dealkylation sites (tertiary alicyclic amines) is 1. The van der Waals surface area contributed by atoms with E-state index in [9.17, 15) is 9.59 Å². The summed E-state index contributed by atoms with van der Waals surface area (Å²) in [7, 11) is 3.43. The van der Waals surface area contributed by atoms with E-state index in [1.807, 2.05) is 0 Å². The number of carbonyl (C=O) groups is 1. The van der Waals surface area contributed by atoms with Gasteiger partial charge in [-0.2, -0.15) is 0 Å². The molecule has 0 radical (unpaired) electrons. The highest BCUT2D eigenvalue weighted by molar-refractivity contribution is 5.93. The zero-order valence-corrected chi connectivity index (χ0v) is 12.3. The van der Waals surface area contributed by atoms with Crippen LogP contribution in [-0.2, 0) is 6.54 Å². The highest BCUT2D eigenvalue weighted by Crippen LogP contribution is 2.08. The van der Waals surface area contributed by atoms with E-state index in [1.165, 1.54) is 30.2 Å². The summed E-state index contributed by atoms with van der Waals surface area (Å²) in [6, 6.07) is 3.08. The highest BCUT2D eigenvalue weighted by atomic mass is 16.2. The molecule has 110 valence electrons. The summed E-state index contributed by atoms with van der Waals surface area (Å²) >= 11 is 0. The Morgan fingerprint density at radius 2 is 1.85 bits per heavy atom. The van der Waals surface area contributed by atoms with Gasteiger partial charge in [0, 0.05) is 39.4 Å². The van der Waals surface area contributed by atoms with Crippen molar-refractivity contribution in [1.29, 1.82) is 0 Å². The zero-order valence-electron chi connectivity index (χ0n) is 12.3. The van der Waals surface area contributed by atoms with Crippen molar-refractivity contribution in [3.63, 3.8) is 0 Å². The largest absolute Gasteiger partial charge is 0.345 e. The second kappa shape index (κ2) is 6.70. The van der Waals surface area contributed by atoms with E-state index >= 15 is 0 Å². The van der Waals surface area contributed by atoms with Crippen molar-refractivity contribution in [2.75, 3.05) is 33.7 Å². The van der Waals surface area contributed by atoms with Crippen LogP contribution in [0.2, 0.25) is 0 Å². The SMILES string of the molecule is CN(C)C(=O)c1ccc(=O)n(CCN2CCCCC2)c1. The summed E-state index contributed by atoms with van der Waals surface area (Å²) < 4.78 is 1.64. The summed E-state index contributed by atoms with van der Waals surface area (Å²) in [4.78, 5) is 27.7. The number of rotatable bonds is 4. The summed E-state index contributed by atoms with van der Waals surface area (Å²) in [6.07, 6.45) is 5.47. The number of pyridine rings is 1. The molecule has 1 saturated heterocycles. The van der Waals surface area contributed by atoms with Gasteiger partial charge in [0.15, 0.2) is 0 Å². The van der Waals surface area contributed by atoms with Gasteiger partial charge in [-0.25, -0.2) is 0 Å². The van der Waals surface area contributed by atoms with Crippen molar-refractivity contribution < 1.29 is 4.79 Å². The molecule has 2 rings (SSSR count). The number of piperidine rings is 1. The molecule has 0 bridgehead atoms. The van der Waals surface area contributed by atoms with E-state index in [0.717, 1.165) is 19.6 Å². The number of amides is 1. The fourth-order valence-corrected chi connectivity index (χ4v) is 2.52. The monoisotopic (exact) mass is 277 g/mol. The predicted molar refractivity (Wildman–Crippen MR) is 79.0 cm³/mol. The molecule has 1 aromatic rings. The first-order chi connectivity index (χ1) is 9.58. The lowest BCUT2D eigenvalue weighted by atomic mass is 10.1. The lowest BCUT2D eigenvalue weighted by molar-refractivity contribution is 0.0826. The topological polar surface area (TPSA) is 45.6 Å². The van der Waals surface area contributed by atoms with Crippen molar-refractivity contribution in [1.82, 2.24) is 14.4 Å². The minimum absolute atomic E-state index is 0.0442. The predicted octanol–water partition coefficient (Wildman–Crippen LogP) is 1.04. The van der Waals surface area contributed by atoms with Crippen molar-refractivity contribution >= 4 is 5.91 Å². The molecule has 0 spiro atoms. The summed E-state index contributed by atoms with van der Waals surface area (Å²) in [5, 5.41) is 0. The number of aromatic nitrogens is 1. The van der Waals surface area contributed by atoms with Gasteiger partial charge < -0.3 is 14.4 Å². The fraction of sp³-hybridized carbons (Fsp3) is 0.600. The van der Waals surface area contributed by atoms with Gasteiger partial charge in [0.25, 0.3) is 11.5 Å². The number of hydrogen-bond donors (Lipinski definition) is 0. The molecule has 1 fully saturated rings. The molecule has 2 heterocycles. The van der Waals surface area contributed by atoms with E-state index in [2.05, 4.69) is 4.90 Å². The minimum Gasteiger partial charge on any atom is -0.345 e. The van der Waals surface area contributed by atoms with Crippen LogP contribution in [0.4, 0.5) is 0 Å². The van der Waals surface area contributed by atoms with Crippen LogP contribution in [0.3, 0.4) is 0 Å². The molecule has 0 aliphatic carbocycles. The molecule has 0 N–H and O–H groups in total. The highest BCUT2D eigenvalue weighted by Gasteiger charge is 2.12. The van der Waals surface area contributed by atoms with Crippen LogP contribution in [0.5, 0.6) is 0 Å². The lowest BCUT2D eigenvalue weighted by Gasteiger charge is -2.26. The summed E-state index contributed by atoms with van der Waals surface area (Å²) in [5.41, 5.74) is 0.519. The molecule has 20 heavy (non-hydrogen) atoms. The average Bonchev–Trinajstić information content (AvgIpc) is 2.46. The van der Waals surface area contributed by atoms with Crippen LogP contribution < -0.4 is 5.56 Å². The van der Waals surface area contributed by atoms with Crippen molar-refractivity contribution in [3.05, 3.63) is 34.2 Å². The Morgan fingerprint density at radius 1 is 1.15 bits per heavy atom. The van der Waals surface area contributed by atoms with E-state index < -0.39 is 0 Å². The van der Waals surface area contributed by atoms with Crippen LogP contribution in [0.1, 0.15) is 29.6 Å². The number of carbonyl (C=O) groups excluding carboxylic acids is 1. The van der Waals surface area contributed by atoms with Crippen molar-refractivity contribution in [3.8, 4) is 0 Å². The summed E-state index contributed by atoms with van der Waals surface area (Å²) in [5.74, 6) is -0.0725. The number of nitrogens with zero attached hydrogens (tertiary/aromatic N) is 3. The van der Waals surface area contributed by atoms with Crippen LogP contribution in [0.25, 0.3) is 0 Å². The van der Waals surface area contributed by atoms with Gasteiger partial charge in [-0.15, -0.1) is 0 Å². The maximum absolute atomic E-state index is 11.9. The van der Waals surface area contributed by atoms with Gasteiger partial charge in [0.2, 0.25) is 0 Å². The van der Waals surface area contributed by atoms with Crippen molar-refractivity contribution in [2.24, 2.45) is 0 Å². The van der Waals surface area contributed by atoms with Gasteiger partial charge in [-0.05, 0) is 32.0 Å². The molecule has 0 unspecified atom stereocenters. The van der Waals surface area contributed by atoms with E-state index in [4.69, 9.17) is 0 Å². The van der Waals surface area contributed by atoms with E-state index in [1.54, 1.807) is 30.9 Å². The third-order valence-corrected chi connectivity index (χ3v) is 3.74. The first kappa shape index (κ1) is 14.8. The van der Waals surface area contributed by atoms with Gasteiger partial charge >= 0.3 is 0 Å².